The van der Waals surface area contributed by atoms with Crippen LogP contribution in [0.2, 0.25) is 0 Å². The molecule has 0 amide bonds. The highest BCUT2D eigenvalue weighted by Gasteiger charge is 2.20. The first-order valence-electron chi connectivity index (χ1n) is 7.22. The van der Waals surface area contributed by atoms with Gasteiger partial charge >= 0.3 is 5.97 Å². The molecule has 4 N–H and O–H groups in total. The molecule has 0 radical (unpaired) electrons. The van der Waals surface area contributed by atoms with E-state index in [0.717, 1.165) is 32.5 Å². The zero-order valence-corrected chi connectivity index (χ0v) is 11.9. The molecule has 5 nitrogen and oxygen atoms in total. The number of nitrogens with two attached hydrogens (primary N) is 1. The molecule has 0 saturated carbocycles. The maximum absolute atomic E-state index is 11.2. The molecule has 5 heteroatoms. The molecular weight excluding hydrogens is 254 g/mol. The Hall–Kier alpha value is -1.75. The van der Waals surface area contributed by atoms with Gasteiger partial charge in [-0.2, -0.15) is 0 Å². The number of piperidine rings is 1. The number of carboxylic acids is 1. The first-order valence-corrected chi connectivity index (χ1v) is 7.22. The van der Waals surface area contributed by atoms with Crippen LogP contribution in [0.3, 0.4) is 0 Å². The van der Waals surface area contributed by atoms with E-state index in [9.17, 15) is 9.90 Å². The predicted molar refractivity (Wildman–Crippen MR) is 81.2 cm³/mol. The first kappa shape index (κ1) is 14.7. The summed E-state index contributed by atoms with van der Waals surface area (Å²) in [6.07, 6.45) is 3.25. The normalized spacial score (nSPS) is 17.1. The van der Waals surface area contributed by atoms with Crippen molar-refractivity contribution in [3.8, 4) is 0 Å². The Balaban J connectivity index is 2.00. The third-order valence-corrected chi connectivity index (χ3v) is 3.76. The quantitative estimate of drug-likeness (QED) is 0.719. The average molecular weight is 277 g/mol. The van der Waals surface area contributed by atoms with Crippen molar-refractivity contribution in [3.05, 3.63) is 23.8 Å². The molecule has 0 unspecified atom stereocenters. The molecule has 1 aromatic rings. The zero-order valence-electron chi connectivity index (χ0n) is 11.9. The van der Waals surface area contributed by atoms with E-state index >= 15 is 0 Å². The van der Waals surface area contributed by atoms with Crippen molar-refractivity contribution in [3.63, 3.8) is 0 Å². The number of rotatable bonds is 5. The Bertz CT molecular complexity index is 468. The third kappa shape index (κ3) is 3.63. The van der Waals surface area contributed by atoms with Gasteiger partial charge in [-0.1, -0.05) is 6.92 Å². The van der Waals surface area contributed by atoms with Crippen LogP contribution in [0, 0.1) is 0 Å². The van der Waals surface area contributed by atoms with Crippen molar-refractivity contribution in [2.24, 2.45) is 0 Å². The van der Waals surface area contributed by atoms with E-state index < -0.39 is 5.97 Å². The zero-order chi connectivity index (χ0) is 14.5. The van der Waals surface area contributed by atoms with E-state index in [1.165, 1.54) is 6.42 Å². The predicted octanol–water partition coefficient (Wildman–Crippen LogP) is 2.25. The fourth-order valence-electron chi connectivity index (χ4n) is 2.70. The molecular formula is C15H23N3O2. The van der Waals surface area contributed by atoms with Gasteiger partial charge in [-0.3, -0.25) is 0 Å². The van der Waals surface area contributed by atoms with Crippen molar-refractivity contribution in [2.75, 3.05) is 30.7 Å². The second-order valence-corrected chi connectivity index (χ2v) is 5.37. The Morgan fingerprint density at radius 2 is 2.15 bits per heavy atom. The summed E-state index contributed by atoms with van der Waals surface area (Å²) in [5.74, 6) is -0.920. The number of anilines is 2. The number of carboxylic acid groups (broad SMARTS) is 1. The summed E-state index contributed by atoms with van der Waals surface area (Å²) in [4.78, 5) is 13.7. The molecule has 0 bridgehead atoms. The Morgan fingerprint density at radius 3 is 2.75 bits per heavy atom. The number of hydrogen-bond donors (Lipinski definition) is 3. The number of nitrogen functional groups attached to an aromatic ring is 1. The Morgan fingerprint density at radius 1 is 1.45 bits per heavy atom. The summed E-state index contributed by atoms with van der Waals surface area (Å²) in [5, 5.41) is 12.6. The standard InChI is InChI=1S/C15H23N3O2/c1-2-7-18-8-5-12(6-9-18)17-14-10-11(16)3-4-13(14)15(19)20/h3-4,10,12,17H,2,5-9,16H2,1H3,(H,19,20). The lowest BCUT2D eigenvalue weighted by Gasteiger charge is -2.32. The highest BCUT2D eigenvalue weighted by molar-refractivity contribution is 5.95. The van der Waals surface area contributed by atoms with E-state index in [4.69, 9.17) is 5.73 Å². The van der Waals surface area contributed by atoms with Gasteiger partial charge in [-0.15, -0.1) is 0 Å². The van der Waals surface area contributed by atoms with Gasteiger partial charge in [0, 0.05) is 24.8 Å². The lowest BCUT2D eigenvalue weighted by Crippen LogP contribution is -2.39. The Labute approximate surface area is 119 Å². The van der Waals surface area contributed by atoms with Crippen LogP contribution < -0.4 is 11.1 Å². The fraction of sp³-hybridized carbons (Fsp3) is 0.533. The van der Waals surface area contributed by atoms with Gasteiger partial charge in [-0.25, -0.2) is 4.79 Å². The van der Waals surface area contributed by atoms with Crippen molar-refractivity contribution >= 4 is 17.3 Å². The van der Waals surface area contributed by atoms with Crippen molar-refractivity contribution in [1.82, 2.24) is 4.90 Å². The van der Waals surface area contributed by atoms with Crippen LogP contribution in [-0.4, -0.2) is 41.7 Å². The second kappa shape index (κ2) is 6.61. The molecule has 1 saturated heterocycles. The number of carbonyl (C=O) groups is 1. The highest BCUT2D eigenvalue weighted by atomic mass is 16.4. The molecule has 0 aromatic heterocycles. The molecule has 1 aliphatic heterocycles. The topological polar surface area (TPSA) is 78.6 Å². The first-order chi connectivity index (χ1) is 9.60. The summed E-state index contributed by atoms with van der Waals surface area (Å²) in [6.45, 7) is 5.47. The van der Waals surface area contributed by atoms with Gasteiger partial charge in [0.25, 0.3) is 0 Å². The lowest BCUT2D eigenvalue weighted by atomic mass is 10.0. The molecule has 1 aromatic carbocycles. The highest BCUT2D eigenvalue weighted by Crippen LogP contribution is 2.23. The number of nitrogens with one attached hydrogen (secondary N) is 1. The minimum atomic E-state index is -0.920. The van der Waals surface area contributed by atoms with Crippen LogP contribution in [0.1, 0.15) is 36.5 Å². The van der Waals surface area contributed by atoms with Crippen molar-refractivity contribution in [2.45, 2.75) is 32.2 Å². The number of likely N-dealkylation sites (tertiary alicyclic amines) is 1. The number of hydrogen-bond acceptors (Lipinski definition) is 4. The van der Waals surface area contributed by atoms with E-state index in [1.54, 1.807) is 18.2 Å². The van der Waals surface area contributed by atoms with Crippen LogP contribution in [0.4, 0.5) is 11.4 Å². The third-order valence-electron chi connectivity index (χ3n) is 3.76. The van der Waals surface area contributed by atoms with Gasteiger partial charge in [0.15, 0.2) is 0 Å². The minimum Gasteiger partial charge on any atom is -0.478 e. The summed E-state index contributed by atoms with van der Waals surface area (Å²) in [6, 6.07) is 5.22. The largest absolute Gasteiger partial charge is 0.478 e. The van der Waals surface area contributed by atoms with Crippen molar-refractivity contribution < 1.29 is 9.90 Å². The van der Waals surface area contributed by atoms with Gasteiger partial charge in [0.2, 0.25) is 0 Å². The summed E-state index contributed by atoms with van der Waals surface area (Å²) >= 11 is 0. The van der Waals surface area contributed by atoms with E-state index in [0.29, 0.717) is 17.4 Å². The molecule has 1 fully saturated rings. The summed E-state index contributed by atoms with van der Waals surface area (Å²) < 4.78 is 0. The van der Waals surface area contributed by atoms with Crippen LogP contribution in [0.5, 0.6) is 0 Å². The molecule has 2 rings (SSSR count). The molecule has 0 atom stereocenters. The van der Waals surface area contributed by atoms with Gasteiger partial charge in [-0.05, 0) is 44.0 Å². The maximum Gasteiger partial charge on any atom is 0.337 e. The van der Waals surface area contributed by atoms with Crippen LogP contribution in [0.25, 0.3) is 0 Å². The van der Waals surface area contributed by atoms with Crippen molar-refractivity contribution in [1.29, 1.82) is 0 Å². The lowest BCUT2D eigenvalue weighted by molar-refractivity contribution is 0.0698. The van der Waals surface area contributed by atoms with Crippen LogP contribution >= 0.6 is 0 Å². The number of benzene rings is 1. The molecule has 1 heterocycles. The van der Waals surface area contributed by atoms with Gasteiger partial charge in [0.05, 0.1) is 11.3 Å². The average Bonchev–Trinajstić information content (AvgIpc) is 2.41. The second-order valence-electron chi connectivity index (χ2n) is 5.37. The summed E-state index contributed by atoms with van der Waals surface area (Å²) in [5.41, 5.74) is 7.26. The number of aromatic carboxylic acids is 1. The monoisotopic (exact) mass is 277 g/mol. The van der Waals surface area contributed by atoms with Crippen LogP contribution in [-0.2, 0) is 0 Å². The van der Waals surface area contributed by atoms with E-state index in [-0.39, 0.29) is 5.56 Å². The van der Waals surface area contributed by atoms with Gasteiger partial charge < -0.3 is 21.1 Å². The molecule has 20 heavy (non-hydrogen) atoms. The van der Waals surface area contributed by atoms with E-state index in [2.05, 4.69) is 17.1 Å². The SMILES string of the molecule is CCCN1CCC(Nc2cc(N)ccc2C(=O)O)CC1. The molecule has 110 valence electrons. The molecule has 0 aliphatic carbocycles. The molecule has 0 spiro atoms. The van der Waals surface area contributed by atoms with E-state index in [1.807, 2.05) is 0 Å². The fourth-order valence-corrected chi connectivity index (χ4v) is 2.70. The maximum atomic E-state index is 11.2. The number of nitrogens with zero attached hydrogens (tertiary/aromatic N) is 1. The van der Waals surface area contributed by atoms with Gasteiger partial charge in [0.1, 0.15) is 0 Å². The Kier molecular flexibility index (Phi) is 4.84. The summed E-state index contributed by atoms with van der Waals surface area (Å²) in [7, 11) is 0. The smallest absolute Gasteiger partial charge is 0.337 e. The molecule has 1 aliphatic rings. The minimum absolute atomic E-state index is 0.287. The van der Waals surface area contributed by atoms with Crippen LogP contribution in [0.15, 0.2) is 18.2 Å².